The van der Waals surface area contributed by atoms with Crippen molar-refractivity contribution < 1.29 is 0 Å². The maximum Gasteiger partial charge on any atom is 0.274 e. The van der Waals surface area contributed by atoms with Crippen molar-refractivity contribution >= 4 is 11.5 Å². The van der Waals surface area contributed by atoms with Gasteiger partial charge in [0.15, 0.2) is 0 Å². The maximum absolute atomic E-state index is 12.3. The van der Waals surface area contributed by atoms with E-state index in [-0.39, 0.29) is 5.56 Å². The number of hydrogen-bond acceptors (Lipinski definition) is 4. The highest BCUT2D eigenvalue weighted by Crippen LogP contribution is 2.24. The van der Waals surface area contributed by atoms with E-state index in [4.69, 9.17) is 0 Å². The first kappa shape index (κ1) is 14.0. The number of rotatable bonds is 3. The summed E-state index contributed by atoms with van der Waals surface area (Å²) in [6.45, 7) is 2.05. The van der Waals surface area contributed by atoms with Gasteiger partial charge in [-0.25, -0.2) is 9.97 Å². The molecule has 1 N–H and O–H groups in total. The largest absolute Gasteiger partial charge is 0.336 e. The zero-order chi connectivity index (χ0) is 15.5. The van der Waals surface area contributed by atoms with Crippen LogP contribution in [0.2, 0.25) is 0 Å². The minimum absolute atomic E-state index is 0.101. The van der Waals surface area contributed by atoms with E-state index in [0.29, 0.717) is 11.5 Å². The lowest BCUT2D eigenvalue weighted by molar-refractivity contribution is 0.864. The van der Waals surface area contributed by atoms with Crippen molar-refractivity contribution in [3.05, 3.63) is 71.0 Å². The molecule has 1 aromatic carbocycles. The summed E-state index contributed by atoms with van der Waals surface area (Å²) in [6, 6.07) is 11.7. The van der Waals surface area contributed by atoms with E-state index in [1.165, 1.54) is 6.33 Å². The molecule has 0 fully saturated rings. The summed E-state index contributed by atoms with van der Waals surface area (Å²) in [4.78, 5) is 20.3. The van der Waals surface area contributed by atoms with Crippen LogP contribution in [0.1, 0.15) is 5.56 Å². The highest BCUT2D eigenvalue weighted by Gasteiger charge is 2.08. The Bertz CT molecular complexity index is 856. The van der Waals surface area contributed by atoms with Crippen molar-refractivity contribution in [1.29, 1.82) is 0 Å². The number of aromatic nitrogens is 3. The SMILES string of the molecule is Cc1ccccc1-c1cc(Nc2ccncn2)c(=O)n(C)c1. The number of nitrogens with zero attached hydrogens (tertiary/aromatic N) is 3. The fraction of sp³-hybridized carbons (Fsp3) is 0.118. The summed E-state index contributed by atoms with van der Waals surface area (Å²) in [5.41, 5.74) is 3.63. The molecule has 0 aliphatic carbocycles. The first-order chi connectivity index (χ1) is 10.6. The van der Waals surface area contributed by atoms with E-state index in [2.05, 4.69) is 28.3 Å². The van der Waals surface area contributed by atoms with Gasteiger partial charge in [-0.3, -0.25) is 4.79 Å². The van der Waals surface area contributed by atoms with Crippen LogP contribution in [0.25, 0.3) is 11.1 Å². The van der Waals surface area contributed by atoms with E-state index in [0.717, 1.165) is 16.7 Å². The highest BCUT2D eigenvalue weighted by molar-refractivity contribution is 5.71. The van der Waals surface area contributed by atoms with Crippen LogP contribution in [0.5, 0.6) is 0 Å². The molecule has 0 unspecified atom stereocenters. The van der Waals surface area contributed by atoms with Gasteiger partial charge in [0.05, 0.1) is 0 Å². The van der Waals surface area contributed by atoms with Crippen LogP contribution in [0.3, 0.4) is 0 Å². The van der Waals surface area contributed by atoms with Gasteiger partial charge >= 0.3 is 0 Å². The highest BCUT2D eigenvalue weighted by atomic mass is 16.1. The fourth-order valence-electron chi connectivity index (χ4n) is 2.35. The number of anilines is 2. The predicted molar refractivity (Wildman–Crippen MR) is 87.2 cm³/mol. The van der Waals surface area contributed by atoms with Crippen molar-refractivity contribution in [2.75, 3.05) is 5.32 Å². The molecule has 0 radical (unpaired) electrons. The number of aryl methyl sites for hydroxylation is 2. The van der Waals surface area contributed by atoms with Crippen molar-refractivity contribution in [3.8, 4) is 11.1 Å². The first-order valence-corrected chi connectivity index (χ1v) is 6.95. The second-order valence-electron chi connectivity index (χ2n) is 5.09. The topological polar surface area (TPSA) is 59.8 Å². The van der Waals surface area contributed by atoms with Crippen molar-refractivity contribution in [2.45, 2.75) is 6.92 Å². The van der Waals surface area contributed by atoms with Gasteiger partial charge in [-0.05, 0) is 30.2 Å². The summed E-state index contributed by atoms with van der Waals surface area (Å²) in [7, 11) is 1.75. The minimum atomic E-state index is -0.101. The molecular weight excluding hydrogens is 276 g/mol. The Balaban J connectivity index is 2.08. The predicted octanol–water partition coefficient (Wildman–Crippen LogP) is 2.89. The van der Waals surface area contributed by atoms with E-state index >= 15 is 0 Å². The zero-order valence-corrected chi connectivity index (χ0v) is 12.4. The molecule has 2 heterocycles. The molecule has 110 valence electrons. The fourth-order valence-corrected chi connectivity index (χ4v) is 2.35. The number of pyridine rings is 1. The Morgan fingerprint density at radius 2 is 2.00 bits per heavy atom. The van der Waals surface area contributed by atoms with E-state index in [9.17, 15) is 4.79 Å². The van der Waals surface area contributed by atoms with Gasteiger partial charge in [0, 0.05) is 25.0 Å². The van der Waals surface area contributed by atoms with Gasteiger partial charge in [0.2, 0.25) is 0 Å². The summed E-state index contributed by atoms with van der Waals surface area (Å²) in [5, 5.41) is 3.06. The monoisotopic (exact) mass is 292 g/mol. The third-order valence-electron chi connectivity index (χ3n) is 3.48. The average Bonchev–Trinajstić information content (AvgIpc) is 2.53. The van der Waals surface area contributed by atoms with Crippen LogP contribution >= 0.6 is 0 Å². The average molecular weight is 292 g/mol. The third kappa shape index (κ3) is 2.74. The van der Waals surface area contributed by atoms with Gasteiger partial charge in [0.25, 0.3) is 5.56 Å². The zero-order valence-electron chi connectivity index (χ0n) is 12.4. The molecule has 5 heteroatoms. The van der Waals surface area contributed by atoms with Crippen LogP contribution in [0.15, 0.2) is 59.9 Å². The van der Waals surface area contributed by atoms with E-state index in [1.54, 1.807) is 23.9 Å². The molecule has 5 nitrogen and oxygen atoms in total. The quantitative estimate of drug-likeness (QED) is 0.806. The first-order valence-electron chi connectivity index (χ1n) is 6.95. The molecule has 0 saturated heterocycles. The van der Waals surface area contributed by atoms with Gasteiger partial charge in [-0.1, -0.05) is 24.3 Å². The van der Waals surface area contributed by atoms with Crippen molar-refractivity contribution in [1.82, 2.24) is 14.5 Å². The lowest BCUT2D eigenvalue weighted by atomic mass is 10.0. The second-order valence-corrected chi connectivity index (χ2v) is 5.09. The van der Waals surface area contributed by atoms with Gasteiger partial charge in [0.1, 0.15) is 17.8 Å². The van der Waals surface area contributed by atoms with E-state index in [1.807, 2.05) is 30.5 Å². The molecule has 0 amide bonds. The van der Waals surface area contributed by atoms with Gasteiger partial charge < -0.3 is 9.88 Å². The molecule has 0 aliphatic rings. The summed E-state index contributed by atoms with van der Waals surface area (Å²) < 4.78 is 1.57. The smallest absolute Gasteiger partial charge is 0.274 e. The van der Waals surface area contributed by atoms with Crippen LogP contribution < -0.4 is 10.9 Å². The molecule has 2 aromatic heterocycles. The molecule has 22 heavy (non-hydrogen) atoms. The Kier molecular flexibility index (Phi) is 3.70. The lowest BCUT2D eigenvalue weighted by Crippen LogP contribution is -2.19. The lowest BCUT2D eigenvalue weighted by Gasteiger charge is -2.11. The van der Waals surface area contributed by atoms with Crippen LogP contribution in [-0.4, -0.2) is 14.5 Å². The molecule has 0 spiro atoms. The molecule has 0 bridgehead atoms. The maximum atomic E-state index is 12.3. The minimum Gasteiger partial charge on any atom is -0.336 e. The van der Waals surface area contributed by atoms with Crippen LogP contribution in [-0.2, 0) is 7.05 Å². The summed E-state index contributed by atoms with van der Waals surface area (Å²) in [5.74, 6) is 0.592. The van der Waals surface area contributed by atoms with Gasteiger partial charge in [-0.2, -0.15) is 0 Å². The Hall–Kier alpha value is -2.95. The van der Waals surface area contributed by atoms with Crippen LogP contribution in [0.4, 0.5) is 11.5 Å². The summed E-state index contributed by atoms with van der Waals surface area (Å²) in [6.07, 6.45) is 4.92. The molecule has 0 atom stereocenters. The third-order valence-corrected chi connectivity index (χ3v) is 3.48. The molecule has 3 aromatic rings. The Morgan fingerprint density at radius 3 is 2.73 bits per heavy atom. The molecule has 0 saturated carbocycles. The molecular formula is C17H16N4O. The number of nitrogens with one attached hydrogen (secondary N) is 1. The van der Waals surface area contributed by atoms with Crippen molar-refractivity contribution in [3.63, 3.8) is 0 Å². The Morgan fingerprint density at radius 1 is 1.18 bits per heavy atom. The summed E-state index contributed by atoms with van der Waals surface area (Å²) >= 11 is 0. The standard InChI is InChI=1S/C17H16N4O/c1-12-5-3-4-6-14(12)13-9-15(17(22)21(2)10-13)20-16-7-8-18-11-19-16/h3-11H,1-2H3,(H,18,19,20). The molecule has 0 aliphatic heterocycles. The van der Waals surface area contributed by atoms with Gasteiger partial charge in [-0.15, -0.1) is 0 Å². The number of benzene rings is 1. The second kappa shape index (κ2) is 5.81. The van der Waals surface area contributed by atoms with Crippen LogP contribution in [0, 0.1) is 6.92 Å². The Labute approximate surface area is 128 Å². The van der Waals surface area contributed by atoms with E-state index < -0.39 is 0 Å². The number of hydrogen-bond donors (Lipinski definition) is 1. The normalized spacial score (nSPS) is 10.5. The van der Waals surface area contributed by atoms with Crippen molar-refractivity contribution in [2.24, 2.45) is 7.05 Å². The molecule has 3 rings (SSSR count).